The number of guanidine groups is 1. The number of carbonyl (C=O) groups excluding carboxylic acids is 1. The molecule has 2 N–H and O–H groups in total. The molecule has 2 saturated heterocycles. The van der Waals surface area contributed by atoms with E-state index in [1.54, 1.807) is 0 Å². The number of hydrogen-bond acceptors (Lipinski definition) is 4. The van der Waals surface area contributed by atoms with E-state index in [0.717, 1.165) is 51.7 Å². The van der Waals surface area contributed by atoms with E-state index in [2.05, 4.69) is 41.2 Å². The Morgan fingerprint density at radius 1 is 1.24 bits per heavy atom. The summed E-state index contributed by atoms with van der Waals surface area (Å²) < 4.78 is 6.05. The van der Waals surface area contributed by atoms with Crippen molar-refractivity contribution in [2.45, 2.75) is 65.6 Å². The number of aliphatic imine (C=N–C) groups is 1. The average Bonchev–Trinajstić information content (AvgIpc) is 2.65. The molecule has 1 amide bonds. The Hall–Kier alpha value is -0.610. The lowest BCUT2D eigenvalue weighted by atomic mass is 9.55. The first-order valence-corrected chi connectivity index (χ1v) is 11.0. The Morgan fingerprint density at radius 3 is 2.55 bits per heavy atom. The van der Waals surface area contributed by atoms with Gasteiger partial charge in [0.25, 0.3) is 0 Å². The molecule has 0 spiro atoms. The molecule has 3 rings (SSSR count). The zero-order valence-corrected chi connectivity index (χ0v) is 21.1. The number of nitrogens with zero attached hydrogens (tertiary/aromatic N) is 3. The van der Waals surface area contributed by atoms with Crippen molar-refractivity contribution in [1.82, 2.24) is 20.4 Å². The maximum atomic E-state index is 12.0. The van der Waals surface area contributed by atoms with Crippen LogP contribution < -0.4 is 10.6 Å². The minimum atomic E-state index is 0. The maximum Gasteiger partial charge on any atom is 0.234 e. The normalized spacial score (nSPS) is 29.5. The molecular weight excluding hydrogens is 481 g/mol. The van der Waals surface area contributed by atoms with Crippen LogP contribution in [0.2, 0.25) is 0 Å². The molecule has 0 aromatic heterocycles. The van der Waals surface area contributed by atoms with Gasteiger partial charge in [0.2, 0.25) is 5.91 Å². The number of nitrogens with one attached hydrogen (secondary N) is 2. The molecule has 2 aliphatic heterocycles. The topological polar surface area (TPSA) is 69.2 Å². The third-order valence-corrected chi connectivity index (χ3v) is 6.41. The highest BCUT2D eigenvalue weighted by atomic mass is 127. The Kier molecular flexibility index (Phi) is 9.03. The Labute approximate surface area is 193 Å². The van der Waals surface area contributed by atoms with Gasteiger partial charge in [0.05, 0.1) is 12.6 Å². The van der Waals surface area contributed by atoms with Crippen molar-refractivity contribution in [3.8, 4) is 0 Å². The standard InChI is InChI=1S/C21H39N5O2.HI/c1-6-22-20(24-18-16-8-7-13-28-19(16)21(18,4)5)26-11-9-25(10-12-26)14-17(27)23-15(2)3;/h15-16,18-19H,6-14H2,1-5H3,(H,22,24)(H,23,27);1H. The van der Waals surface area contributed by atoms with E-state index in [1.807, 2.05) is 13.8 Å². The second kappa shape index (κ2) is 10.6. The third-order valence-electron chi connectivity index (χ3n) is 6.41. The van der Waals surface area contributed by atoms with Gasteiger partial charge < -0.3 is 20.3 Å². The number of hydrogen-bond donors (Lipinski definition) is 2. The van der Waals surface area contributed by atoms with Crippen LogP contribution in [0.15, 0.2) is 4.99 Å². The number of rotatable bonds is 5. The van der Waals surface area contributed by atoms with Crippen molar-refractivity contribution >= 4 is 35.8 Å². The van der Waals surface area contributed by atoms with Crippen LogP contribution in [0.4, 0.5) is 0 Å². The van der Waals surface area contributed by atoms with E-state index in [9.17, 15) is 4.79 Å². The molecule has 3 fully saturated rings. The summed E-state index contributed by atoms with van der Waals surface area (Å²) >= 11 is 0. The summed E-state index contributed by atoms with van der Waals surface area (Å²) in [5.74, 6) is 1.73. The van der Waals surface area contributed by atoms with Gasteiger partial charge in [0.1, 0.15) is 0 Å². The van der Waals surface area contributed by atoms with Gasteiger partial charge in [-0.1, -0.05) is 13.8 Å². The summed E-state index contributed by atoms with van der Waals surface area (Å²) in [5, 5.41) is 6.77. The number of halogens is 1. The molecule has 3 atom stereocenters. The van der Waals surface area contributed by atoms with Crippen LogP contribution in [0, 0.1) is 11.3 Å². The van der Waals surface area contributed by atoms with E-state index < -0.39 is 0 Å². The number of fused-ring (bicyclic) bond motifs is 1. The predicted molar refractivity (Wildman–Crippen MR) is 128 cm³/mol. The van der Waals surface area contributed by atoms with Crippen LogP contribution in [0.25, 0.3) is 0 Å². The molecule has 8 heteroatoms. The third kappa shape index (κ3) is 5.76. The summed E-state index contributed by atoms with van der Waals surface area (Å²) in [7, 11) is 0. The Morgan fingerprint density at radius 2 is 1.93 bits per heavy atom. The zero-order valence-electron chi connectivity index (χ0n) is 18.7. The lowest BCUT2D eigenvalue weighted by Gasteiger charge is -2.60. The molecule has 0 bridgehead atoms. The second-order valence-corrected chi connectivity index (χ2v) is 9.32. The number of carbonyl (C=O) groups is 1. The quantitative estimate of drug-likeness (QED) is 0.329. The first-order valence-electron chi connectivity index (χ1n) is 11.0. The smallest absolute Gasteiger partial charge is 0.234 e. The van der Waals surface area contributed by atoms with E-state index in [1.165, 1.54) is 6.42 Å². The molecular formula is C21H40IN5O2. The lowest BCUT2D eigenvalue weighted by Crippen LogP contribution is -2.71. The van der Waals surface area contributed by atoms with Gasteiger partial charge in [-0.15, -0.1) is 24.0 Å². The average molecular weight is 521 g/mol. The summed E-state index contributed by atoms with van der Waals surface area (Å²) in [4.78, 5) is 21.4. The minimum absolute atomic E-state index is 0. The highest BCUT2D eigenvalue weighted by Gasteiger charge is 2.58. The van der Waals surface area contributed by atoms with Gasteiger partial charge in [0.15, 0.2) is 5.96 Å². The first kappa shape index (κ1) is 24.7. The molecule has 7 nitrogen and oxygen atoms in total. The molecule has 0 radical (unpaired) electrons. The number of amides is 1. The monoisotopic (exact) mass is 521 g/mol. The highest BCUT2D eigenvalue weighted by Crippen LogP contribution is 2.51. The van der Waals surface area contributed by atoms with Gasteiger partial charge in [-0.05, 0) is 33.6 Å². The summed E-state index contributed by atoms with van der Waals surface area (Å²) in [5.41, 5.74) is 0.135. The predicted octanol–water partition coefficient (Wildman–Crippen LogP) is 1.92. The second-order valence-electron chi connectivity index (χ2n) is 9.32. The highest BCUT2D eigenvalue weighted by molar-refractivity contribution is 14.0. The van der Waals surface area contributed by atoms with E-state index in [4.69, 9.17) is 9.73 Å². The van der Waals surface area contributed by atoms with E-state index >= 15 is 0 Å². The minimum Gasteiger partial charge on any atom is -0.377 e. The van der Waals surface area contributed by atoms with Crippen molar-refractivity contribution in [1.29, 1.82) is 0 Å². The van der Waals surface area contributed by atoms with Gasteiger partial charge in [-0.25, -0.2) is 0 Å². The number of piperazine rings is 1. The van der Waals surface area contributed by atoms with Crippen LogP contribution in [-0.2, 0) is 9.53 Å². The van der Waals surface area contributed by atoms with Crippen LogP contribution in [-0.4, -0.2) is 85.7 Å². The van der Waals surface area contributed by atoms with Crippen molar-refractivity contribution in [2.24, 2.45) is 16.3 Å². The molecule has 168 valence electrons. The molecule has 0 aromatic carbocycles. The first-order chi connectivity index (χ1) is 13.3. The molecule has 1 aliphatic carbocycles. The largest absolute Gasteiger partial charge is 0.377 e. The fourth-order valence-corrected chi connectivity index (χ4v) is 5.03. The van der Waals surface area contributed by atoms with Crippen molar-refractivity contribution in [3.05, 3.63) is 0 Å². The van der Waals surface area contributed by atoms with Crippen molar-refractivity contribution in [2.75, 3.05) is 45.9 Å². The Bertz CT molecular complexity index is 575. The fraction of sp³-hybridized carbons (Fsp3) is 0.905. The summed E-state index contributed by atoms with van der Waals surface area (Å²) in [6.45, 7) is 16.4. The molecule has 1 saturated carbocycles. The van der Waals surface area contributed by atoms with Gasteiger partial charge in [0, 0.05) is 62.7 Å². The van der Waals surface area contributed by atoms with Gasteiger partial charge >= 0.3 is 0 Å². The van der Waals surface area contributed by atoms with Gasteiger partial charge in [-0.2, -0.15) is 0 Å². The van der Waals surface area contributed by atoms with Crippen LogP contribution >= 0.6 is 24.0 Å². The van der Waals surface area contributed by atoms with Crippen LogP contribution in [0.5, 0.6) is 0 Å². The molecule has 29 heavy (non-hydrogen) atoms. The van der Waals surface area contributed by atoms with E-state index in [0.29, 0.717) is 24.6 Å². The van der Waals surface area contributed by atoms with Gasteiger partial charge in [-0.3, -0.25) is 14.7 Å². The lowest BCUT2D eigenvalue weighted by molar-refractivity contribution is -0.188. The Balaban J connectivity index is 0.00000300. The molecule has 2 heterocycles. The van der Waals surface area contributed by atoms with Crippen molar-refractivity contribution in [3.63, 3.8) is 0 Å². The SMILES string of the molecule is CCN=C(NC1C2CCCOC2C1(C)C)N1CCN(CC(=O)NC(C)C)CC1.I. The molecule has 0 aromatic rings. The zero-order chi connectivity index (χ0) is 20.3. The maximum absolute atomic E-state index is 12.0. The molecule has 3 unspecified atom stereocenters. The van der Waals surface area contributed by atoms with E-state index in [-0.39, 0.29) is 41.3 Å². The van der Waals surface area contributed by atoms with Crippen LogP contribution in [0.1, 0.15) is 47.5 Å². The van der Waals surface area contributed by atoms with Crippen LogP contribution in [0.3, 0.4) is 0 Å². The fourth-order valence-electron chi connectivity index (χ4n) is 5.03. The van der Waals surface area contributed by atoms with Crippen molar-refractivity contribution < 1.29 is 9.53 Å². The summed E-state index contributed by atoms with van der Waals surface area (Å²) in [6, 6.07) is 0.609. The number of ether oxygens (including phenoxy) is 1. The summed E-state index contributed by atoms with van der Waals surface area (Å²) in [6.07, 6.45) is 2.77. The molecule has 3 aliphatic rings.